The first-order chi connectivity index (χ1) is 13.0. The third-order valence-corrected chi connectivity index (χ3v) is 5.13. The van der Waals surface area contributed by atoms with E-state index in [9.17, 15) is 9.90 Å². The molecule has 0 saturated heterocycles. The third kappa shape index (κ3) is 4.89. The Bertz CT molecular complexity index is 912. The van der Waals surface area contributed by atoms with Crippen LogP contribution in [-0.2, 0) is 17.9 Å². The zero-order valence-corrected chi connectivity index (χ0v) is 16.0. The van der Waals surface area contributed by atoms with Gasteiger partial charge in [-0.1, -0.05) is 60.3 Å². The van der Waals surface area contributed by atoms with E-state index in [0.29, 0.717) is 17.5 Å². The number of thioether (sulfide) groups is 1. The van der Waals surface area contributed by atoms with Crippen LogP contribution in [0.5, 0.6) is 5.75 Å². The maximum Gasteiger partial charge on any atom is 0.316 e. The largest absolute Gasteiger partial charge is 0.485 e. The van der Waals surface area contributed by atoms with E-state index < -0.39 is 11.2 Å². The molecule has 0 saturated carbocycles. The highest BCUT2D eigenvalue weighted by atomic mass is 32.2. The van der Waals surface area contributed by atoms with E-state index >= 15 is 0 Å². The Hall–Kier alpha value is -2.80. The molecule has 0 aliphatic rings. The van der Waals surface area contributed by atoms with Crippen LogP contribution in [0, 0.1) is 6.92 Å². The van der Waals surface area contributed by atoms with E-state index in [2.05, 4.69) is 10.2 Å². The van der Waals surface area contributed by atoms with Gasteiger partial charge in [0.05, 0.1) is 6.54 Å². The lowest BCUT2D eigenvalue weighted by molar-refractivity contribution is -0.136. The summed E-state index contributed by atoms with van der Waals surface area (Å²) in [6, 6.07) is 17.7. The molecule has 0 radical (unpaired) electrons. The van der Waals surface area contributed by atoms with Crippen LogP contribution < -0.4 is 4.74 Å². The number of aromatic nitrogens is 3. The number of nitrogens with zero attached hydrogens (tertiary/aromatic N) is 3. The highest BCUT2D eigenvalue weighted by Crippen LogP contribution is 2.24. The minimum Gasteiger partial charge on any atom is -0.485 e. The van der Waals surface area contributed by atoms with Crippen LogP contribution in [0.1, 0.15) is 23.9 Å². The topological polar surface area (TPSA) is 77.2 Å². The molecule has 3 rings (SSSR count). The van der Waals surface area contributed by atoms with Gasteiger partial charge in [0.2, 0.25) is 0 Å². The normalized spacial score (nSPS) is 11.9. The molecule has 0 aliphatic heterocycles. The van der Waals surface area contributed by atoms with Crippen LogP contribution in [0.4, 0.5) is 0 Å². The number of rotatable bonds is 8. The second kappa shape index (κ2) is 8.73. The molecule has 0 spiro atoms. The molecule has 27 heavy (non-hydrogen) atoms. The lowest BCUT2D eigenvalue weighted by Gasteiger charge is -2.13. The third-order valence-electron chi connectivity index (χ3n) is 4.06. The first-order valence-corrected chi connectivity index (χ1v) is 9.46. The average Bonchev–Trinajstić information content (AvgIpc) is 3.03. The Morgan fingerprint density at radius 2 is 1.85 bits per heavy atom. The minimum absolute atomic E-state index is 0.257. The summed E-state index contributed by atoms with van der Waals surface area (Å²) in [5.41, 5.74) is 2.12. The van der Waals surface area contributed by atoms with Gasteiger partial charge in [-0.3, -0.25) is 9.36 Å². The zero-order chi connectivity index (χ0) is 19.2. The van der Waals surface area contributed by atoms with E-state index in [1.807, 2.05) is 66.1 Å². The van der Waals surface area contributed by atoms with Gasteiger partial charge in [-0.05, 0) is 31.0 Å². The van der Waals surface area contributed by atoms with Gasteiger partial charge in [0.1, 0.15) is 17.6 Å². The van der Waals surface area contributed by atoms with Crippen molar-refractivity contribution in [3.05, 3.63) is 71.5 Å². The first-order valence-electron chi connectivity index (χ1n) is 8.58. The Morgan fingerprint density at radius 1 is 1.15 bits per heavy atom. The lowest BCUT2D eigenvalue weighted by atomic mass is 10.2. The van der Waals surface area contributed by atoms with E-state index in [-0.39, 0.29) is 6.61 Å². The molecule has 1 heterocycles. The van der Waals surface area contributed by atoms with Crippen molar-refractivity contribution in [1.82, 2.24) is 14.8 Å². The van der Waals surface area contributed by atoms with Crippen LogP contribution >= 0.6 is 11.8 Å². The molecule has 0 aliphatic carbocycles. The smallest absolute Gasteiger partial charge is 0.316 e. The molecule has 3 aromatic rings. The maximum atomic E-state index is 11.2. The minimum atomic E-state index is -0.882. The lowest BCUT2D eigenvalue weighted by Crippen LogP contribution is -2.14. The standard InChI is InChI=1S/C20H21N3O3S/c1-14-8-6-7-11-17(14)26-13-18-21-22-20(27-15(2)19(24)25)23(18)12-16-9-4-3-5-10-16/h3-11,15H,12-13H2,1-2H3,(H,24,25)/t15-/m0/s1. The first kappa shape index (κ1) is 19.0. The van der Waals surface area contributed by atoms with E-state index in [1.165, 1.54) is 11.8 Å². The van der Waals surface area contributed by atoms with Gasteiger partial charge in [0.25, 0.3) is 0 Å². The summed E-state index contributed by atoms with van der Waals surface area (Å²) >= 11 is 1.18. The molecule has 140 valence electrons. The predicted octanol–water partition coefficient (Wildman–Crippen LogP) is 3.78. The van der Waals surface area contributed by atoms with Crippen molar-refractivity contribution in [3.8, 4) is 5.75 Å². The number of hydrogen-bond acceptors (Lipinski definition) is 5. The van der Waals surface area contributed by atoms with E-state index in [4.69, 9.17) is 4.74 Å². The summed E-state index contributed by atoms with van der Waals surface area (Å²) in [5, 5.41) is 17.6. The number of carboxylic acids is 1. The summed E-state index contributed by atoms with van der Waals surface area (Å²) < 4.78 is 7.83. The molecule has 0 fully saturated rings. The summed E-state index contributed by atoms with van der Waals surface area (Å²) in [6.45, 7) is 4.43. The van der Waals surface area contributed by atoms with Gasteiger partial charge >= 0.3 is 5.97 Å². The average molecular weight is 383 g/mol. The van der Waals surface area contributed by atoms with Gasteiger partial charge in [0, 0.05) is 0 Å². The van der Waals surface area contributed by atoms with Crippen molar-refractivity contribution in [1.29, 1.82) is 0 Å². The Morgan fingerprint density at radius 3 is 2.56 bits per heavy atom. The fraction of sp³-hybridized carbons (Fsp3) is 0.250. The number of para-hydroxylation sites is 1. The molecule has 0 bridgehead atoms. The number of carbonyl (C=O) groups is 1. The van der Waals surface area contributed by atoms with Crippen LogP contribution in [-0.4, -0.2) is 31.1 Å². The number of aliphatic carboxylic acids is 1. The fourth-order valence-electron chi connectivity index (χ4n) is 2.51. The van der Waals surface area contributed by atoms with Gasteiger partial charge in [-0.2, -0.15) is 0 Å². The van der Waals surface area contributed by atoms with Crippen LogP contribution in [0.3, 0.4) is 0 Å². The van der Waals surface area contributed by atoms with Crippen molar-refractivity contribution < 1.29 is 14.6 Å². The van der Waals surface area contributed by atoms with Gasteiger partial charge in [-0.25, -0.2) is 0 Å². The number of benzene rings is 2. The number of carboxylic acid groups (broad SMARTS) is 1. The van der Waals surface area contributed by atoms with E-state index in [0.717, 1.165) is 16.9 Å². The second-order valence-corrected chi connectivity index (χ2v) is 7.43. The summed E-state index contributed by atoms with van der Waals surface area (Å²) in [7, 11) is 0. The van der Waals surface area contributed by atoms with Crippen molar-refractivity contribution >= 4 is 17.7 Å². The quantitative estimate of drug-likeness (QED) is 0.597. The Balaban J connectivity index is 1.84. The van der Waals surface area contributed by atoms with Crippen LogP contribution in [0.25, 0.3) is 0 Å². The summed E-state index contributed by atoms with van der Waals surface area (Å²) in [4.78, 5) is 11.2. The van der Waals surface area contributed by atoms with Crippen molar-refractivity contribution in [3.63, 3.8) is 0 Å². The molecule has 1 N–H and O–H groups in total. The molecular weight excluding hydrogens is 362 g/mol. The van der Waals surface area contributed by atoms with Crippen molar-refractivity contribution in [2.24, 2.45) is 0 Å². The highest BCUT2D eigenvalue weighted by molar-refractivity contribution is 8.00. The Kier molecular flexibility index (Phi) is 6.13. The van der Waals surface area contributed by atoms with Crippen LogP contribution in [0.2, 0.25) is 0 Å². The number of hydrogen-bond donors (Lipinski definition) is 1. The zero-order valence-electron chi connectivity index (χ0n) is 15.2. The number of ether oxygens (including phenoxy) is 1. The van der Waals surface area contributed by atoms with Crippen molar-refractivity contribution in [2.75, 3.05) is 0 Å². The summed E-state index contributed by atoms with van der Waals surface area (Å²) in [5.74, 6) is 0.564. The fourth-order valence-corrected chi connectivity index (χ4v) is 3.31. The maximum absolute atomic E-state index is 11.2. The molecule has 6 nitrogen and oxygen atoms in total. The Labute approximate surface area is 162 Å². The highest BCUT2D eigenvalue weighted by Gasteiger charge is 2.20. The second-order valence-electron chi connectivity index (χ2n) is 6.12. The van der Waals surface area contributed by atoms with Crippen LogP contribution in [0.15, 0.2) is 59.8 Å². The number of aryl methyl sites for hydroxylation is 1. The van der Waals surface area contributed by atoms with Gasteiger partial charge < -0.3 is 9.84 Å². The molecule has 0 amide bonds. The molecule has 1 aromatic heterocycles. The molecule has 1 atom stereocenters. The summed E-state index contributed by atoms with van der Waals surface area (Å²) in [6.07, 6.45) is 0. The monoisotopic (exact) mass is 383 g/mol. The SMILES string of the molecule is Cc1ccccc1OCc1nnc(S[C@@H](C)C(=O)O)n1Cc1ccccc1. The van der Waals surface area contributed by atoms with E-state index in [1.54, 1.807) is 6.92 Å². The van der Waals surface area contributed by atoms with Gasteiger partial charge in [-0.15, -0.1) is 10.2 Å². The molecule has 0 unspecified atom stereocenters. The van der Waals surface area contributed by atoms with Gasteiger partial charge in [0.15, 0.2) is 11.0 Å². The molecule has 7 heteroatoms. The predicted molar refractivity (Wildman–Crippen MR) is 104 cm³/mol. The van der Waals surface area contributed by atoms with Crippen molar-refractivity contribution in [2.45, 2.75) is 37.4 Å². The molecular formula is C20H21N3O3S. The molecule has 2 aromatic carbocycles.